The van der Waals surface area contributed by atoms with Crippen LogP contribution in [-0.4, -0.2) is 22.7 Å². The number of aromatic nitrogens is 1. The summed E-state index contributed by atoms with van der Waals surface area (Å²) >= 11 is 7.04. The first-order valence-corrected chi connectivity index (χ1v) is 9.61. The van der Waals surface area contributed by atoms with Crippen molar-refractivity contribution >= 4 is 45.5 Å². The van der Waals surface area contributed by atoms with E-state index < -0.39 is 0 Å². The summed E-state index contributed by atoms with van der Waals surface area (Å²) in [5, 5.41) is 7.59. The largest absolute Gasteiger partial charge is 0.462 e. The van der Waals surface area contributed by atoms with Crippen LogP contribution in [0.25, 0.3) is 0 Å². The Labute approximate surface area is 156 Å². The summed E-state index contributed by atoms with van der Waals surface area (Å²) in [7, 11) is 0. The number of thiocarbonyl (C=S) groups is 1. The van der Waals surface area contributed by atoms with Gasteiger partial charge >= 0.3 is 5.97 Å². The van der Waals surface area contributed by atoms with Gasteiger partial charge in [0.15, 0.2) is 10.2 Å². The van der Waals surface area contributed by atoms with Gasteiger partial charge in [0.2, 0.25) is 0 Å². The van der Waals surface area contributed by atoms with E-state index >= 15 is 0 Å². The van der Waals surface area contributed by atoms with Gasteiger partial charge in [-0.15, -0.1) is 11.3 Å². The van der Waals surface area contributed by atoms with Crippen LogP contribution in [0, 0.1) is 5.92 Å². The van der Waals surface area contributed by atoms with Gasteiger partial charge in [0, 0.05) is 10.6 Å². The molecule has 0 fully saturated rings. The molecule has 1 aromatic heterocycles. The van der Waals surface area contributed by atoms with Crippen molar-refractivity contribution in [2.45, 2.75) is 33.1 Å². The molecule has 0 saturated heterocycles. The molecule has 0 aliphatic heterocycles. The molecule has 132 valence electrons. The Morgan fingerprint density at radius 1 is 1.36 bits per heavy atom. The highest BCUT2D eigenvalue weighted by Gasteiger charge is 2.20. The molecular weight excluding hydrogens is 354 g/mol. The van der Waals surface area contributed by atoms with E-state index in [4.69, 9.17) is 17.0 Å². The van der Waals surface area contributed by atoms with E-state index in [0.29, 0.717) is 17.3 Å². The van der Waals surface area contributed by atoms with Crippen LogP contribution in [0.5, 0.6) is 0 Å². The summed E-state index contributed by atoms with van der Waals surface area (Å²) in [6, 6.07) is 7.03. The number of carbonyl (C=O) groups excluding carboxylic acids is 1. The first-order valence-electron chi connectivity index (χ1n) is 8.39. The third kappa shape index (κ3) is 4.55. The summed E-state index contributed by atoms with van der Waals surface area (Å²) < 4.78 is 4.97. The Morgan fingerprint density at radius 2 is 2.12 bits per heavy atom. The lowest BCUT2D eigenvalue weighted by Gasteiger charge is -2.15. The van der Waals surface area contributed by atoms with Gasteiger partial charge in [0.1, 0.15) is 0 Å². The van der Waals surface area contributed by atoms with Gasteiger partial charge in [-0.05, 0) is 68.6 Å². The second-order valence-electron chi connectivity index (χ2n) is 6.11. The maximum atomic E-state index is 11.7. The average molecular weight is 376 g/mol. The van der Waals surface area contributed by atoms with Crippen LogP contribution in [0.4, 0.5) is 10.8 Å². The smallest absolute Gasteiger partial charge is 0.338 e. The van der Waals surface area contributed by atoms with Gasteiger partial charge in [-0.25, -0.2) is 9.78 Å². The second-order valence-corrected chi connectivity index (χ2v) is 7.61. The number of thiazole rings is 1. The predicted octanol–water partition coefficient (Wildman–Crippen LogP) is 4.25. The zero-order chi connectivity index (χ0) is 17.8. The maximum absolute atomic E-state index is 11.7. The SMILES string of the molecule is CCOC(=O)c1ccc(NC(=S)Nc2nc3c(s2)CC(C)CC3)cc1. The predicted molar refractivity (Wildman–Crippen MR) is 106 cm³/mol. The lowest BCUT2D eigenvalue weighted by atomic mass is 9.93. The Morgan fingerprint density at radius 3 is 2.84 bits per heavy atom. The second kappa shape index (κ2) is 7.93. The molecule has 1 unspecified atom stereocenters. The minimum absolute atomic E-state index is 0.322. The number of nitrogens with one attached hydrogen (secondary N) is 2. The van der Waals surface area contributed by atoms with Crippen LogP contribution in [0.15, 0.2) is 24.3 Å². The molecule has 5 nitrogen and oxygen atoms in total. The van der Waals surface area contributed by atoms with Gasteiger partial charge in [-0.1, -0.05) is 6.92 Å². The molecule has 1 heterocycles. The van der Waals surface area contributed by atoms with Gasteiger partial charge in [-0.2, -0.15) is 0 Å². The van der Waals surface area contributed by atoms with Gasteiger partial charge in [0.05, 0.1) is 17.9 Å². The first kappa shape index (κ1) is 17.8. The highest BCUT2D eigenvalue weighted by atomic mass is 32.1. The lowest BCUT2D eigenvalue weighted by molar-refractivity contribution is 0.0526. The van der Waals surface area contributed by atoms with Crippen molar-refractivity contribution < 1.29 is 9.53 Å². The highest BCUT2D eigenvalue weighted by molar-refractivity contribution is 7.80. The van der Waals surface area contributed by atoms with E-state index in [-0.39, 0.29) is 5.97 Å². The molecule has 0 spiro atoms. The molecular formula is C18H21N3O2S2. The first-order chi connectivity index (χ1) is 12.0. The number of esters is 1. The van der Waals surface area contributed by atoms with Gasteiger partial charge in [0.25, 0.3) is 0 Å². The maximum Gasteiger partial charge on any atom is 0.338 e. The van der Waals surface area contributed by atoms with Crippen LogP contribution in [0.2, 0.25) is 0 Å². The Kier molecular flexibility index (Phi) is 5.65. The van der Waals surface area contributed by atoms with Crippen molar-refractivity contribution in [1.82, 2.24) is 4.98 Å². The number of rotatable bonds is 4. The Hall–Kier alpha value is -1.99. The normalized spacial score (nSPS) is 16.0. The topological polar surface area (TPSA) is 63.2 Å². The molecule has 1 aliphatic carbocycles. The molecule has 0 amide bonds. The van der Waals surface area contributed by atoms with Crippen molar-refractivity contribution in [3.05, 3.63) is 40.4 Å². The quantitative estimate of drug-likeness (QED) is 0.615. The van der Waals surface area contributed by atoms with Crippen molar-refractivity contribution in [3.63, 3.8) is 0 Å². The van der Waals surface area contributed by atoms with Gasteiger partial charge < -0.3 is 15.4 Å². The molecule has 1 atom stereocenters. The van der Waals surface area contributed by atoms with E-state index in [2.05, 4.69) is 22.5 Å². The van der Waals surface area contributed by atoms with Crippen LogP contribution in [0.1, 0.15) is 41.2 Å². The number of hydrogen-bond donors (Lipinski definition) is 2. The summed E-state index contributed by atoms with van der Waals surface area (Å²) in [5.41, 5.74) is 2.53. The van der Waals surface area contributed by atoms with E-state index in [1.165, 1.54) is 17.0 Å². The Bertz CT molecular complexity index is 771. The minimum Gasteiger partial charge on any atom is -0.462 e. The fourth-order valence-electron chi connectivity index (χ4n) is 2.76. The molecule has 1 aromatic carbocycles. The standard InChI is InChI=1S/C18H21N3O2S2/c1-3-23-16(22)12-5-7-13(8-6-12)19-17(24)21-18-20-14-9-4-11(2)10-15(14)25-18/h5-8,11H,3-4,9-10H2,1-2H3,(H2,19,20,21,24). The number of aryl methyl sites for hydroxylation is 1. The third-order valence-corrected chi connectivity index (χ3v) is 5.30. The lowest BCUT2D eigenvalue weighted by Crippen LogP contribution is -2.19. The fraction of sp³-hybridized carbons (Fsp3) is 0.389. The van der Waals surface area contributed by atoms with E-state index in [1.54, 1.807) is 42.5 Å². The van der Waals surface area contributed by atoms with Gasteiger partial charge in [-0.3, -0.25) is 0 Å². The van der Waals surface area contributed by atoms with E-state index in [0.717, 1.165) is 29.6 Å². The highest BCUT2D eigenvalue weighted by Crippen LogP contribution is 2.32. The molecule has 0 saturated carbocycles. The zero-order valence-corrected chi connectivity index (χ0v) is 15.9. The van der Waals surface area contributed by atoms with E-state index in [9.17, 15) is 4.79 Å². The fourth-order valence-corrected chi connectivity index (χ4v) is 4.21. The molecule has 2 N–H and O–H groups in total. The van der Waals surface area contributed by atoms with Crippen molar-refractivity contribution in [3.8, 4) is 0 Å². The number of hydrogen-bond acceptors (Lipinski definition) is 5. The Balaban J connectivity index is 1.58. The third-order valence-electron chi connectivity index (χ3n) is 4.06. The average Bonchev–Trinajstić information content (AvgIpc) is 2.96. The number of fused-ring (bicyclic) bond motifs is 1. The monoisotopic (exact) mass is 375 g/mol. The van der Waals surface area contributed by atoms with Crippen molar-refractivity contribution in [2.75, 3.05) is 17.2 Å². The molecule has 3 rings (SSSR count). The molecule has 0 radical (unpaired) electrons. The summed E-state index contributed by atoms with van der Waals surface area (Å²) in [5.74, 6) is 0.404. The number of nitrogens with zero attached hydrogens (tertiary/aromatic N) is 1. The summed E-state index contributed by atoms with van der Waals surface area (Å²) in [6.45, 7) is 4.43. The molecule has 0 bridgehead atoms. The van der Waals surface area contributed by atoms with Crippen molar-refractivity contribution in [2.24, 2.45) is 5.92 Å². The number of carbonyl (C=O) groups is 1. The van der Waals surface area contributed by atoms with E-state index in [1.807, 2.05) is 0 Å². The summed E-state index contributed by atoms with van der Waals surface area (Å²) in [4.78, 5) is 17.7. The van der Waals surface area contributed by atoms with Crippen LogP contribution >= 0.6 is 23.6 Å². The molecule has 1 aliphatic rings. The molecule has 25 heavy (non-hydrogen) atoms. The van der Waals surface area contributed by atoms with Crippen LogP contribution in [0.3, 0.4) is 0 Å². The zero-order valence-electron chi connectivity index (χ0n) is 14.3. The minimum atomic E-state index is -0.322. The molecule has 7 heteroatoms. The number of benzene rings is 1. The number of ether oxygens (including phenoxy) is 1. The number of anilines is 2. The van der Waals surface area contributed by atoms with Crippen molar-refractivity contribution in [1.29, 1.82) is 0 Å². The van der Waals surface area contributed by atoms with Crippen LogP contribution in [-0.2, 0) is 17.6 Å². The van der Waals surface area contributed by atoms with Crippen LogP contribution < -0.4 is 10.6 Å². The summed E-state index contributed by atoms with van der Waals surface area (Å²) in [6.07, 6.45) is 3.35. The molecule has 2 aromatic rings.